The molecule has 1 aromatic carbocycles. The number of H-pyrrole nitrogens is 1. The van der Waals surface area contributed by atoms with Gasteiger partial charge in [-0.05, 0) is 25.0 Å². The van der Waals surface area contributed by atoms with Gasteiger partial charge in [-0.1, -0.05) is 11.6 Å². The minimum atomic E-state index is -2.48. The van der Waals surface area contributed by atoms with Crippen LogP contribution in [-0.4, -0.2) is 81.9 Å². The molecule has 164 valence electrons. The Morgan fingerprint density at radius 1 is 1.07 bits per heavy atom. The average molecular weight is 442 g/mol. The highest BCUT2D eigenvalue weighted by Gasteiger charge is 2.40. The number of hydrogen-bond donors (Lipinski definition) is 1. The number of alkyl halides is 2. The summed E-state index contributed by atoms with van der Waals surface area (Å²) < 4.78 is 40.3. The molecule has 9 heteroatoms. The second-order valence-corrected chi connectivity index (χ2v) is 9.39. The van der Waals surface area contributed by atoms with Crippen molar-refractivity contribution in [2.45, 2.75) is 50.2 Å². The summed E-state index contributed by atoms with van der Waals surface area (Å²) in [5.41, 5.74) is 1.24. The normalized spacial score (nSPS) is 27.9. The molecule has 5 rings (SSSR count). The first-order valence-electron chi connectivity index (χ1n) is 10.8. The van der Waals surface area contributed by atoms with Gasteiger partial charge in [-0.3, -0.25) is 9.80 Å². The Hall–Kier alpha value is -1.35. The predicted octanol–water partition coefficient (Wildman–Crippen LogP) is 3.74. The number of rotatable bonds is 5. The molecule has 5 nitrogen and oxygen atoms in total. The third-order valence-electron chi connectivity index (χ3n) is 6.90. The molecule has 3 aliphatic heterocycles. The molecular formula is C21H27ClF3N5. The van der Waals surface area contributed by atoms with E-state index in [2.05, 4.69) is 24.7 Å². The standard InChI is InChI=1S/C21H27ClF3N5/c22-17-9-14(23)10-18-20(17)27-19(26-18)13-29-11-15-1-2-16(12-29)30(15)8-7-28-5-3-21(24,25)4-6-28/h9-10,15-16H,1-8,11-13H2,(H,26,27). The highest BCUT2D eigenvalue weighted by molar-refractivity contribution is 6.34. The molecule has 1 aromatic heterocycles. The SMILES string of the molecule is Fc1cc(Cl)c2nc(CN3CC4CCC(C3)N4CCN3CCC(F)(F)CC3)[nH]c2c1. The maximum atomic E-state index is 13.6. The predicted molar refractivity (Wildman–Crippen MR) is 110 cm³/mol. The van der Waals surface area contributed by atoms with Gasteiger partial charge in [0.05, 0.1) is 17.1 Å². The topological polar surface area (TPSA) is 38.4 Å². The molecule has 0 aliphatic carbocycles. The molecular weight excluding hydrogens is 415 g/mol. The Labute approximate surface area is 179 Å². The van der Waals surface area contributed by atoms with Crippen LogP contribution in [0, 0.1) is 5.82 Å². The van der Waals surface area contributed by atoms with Crippen LogP contribution in [0.5, 0.6) is 0 Å². The number of imidazole rings is 1. The molecule has 2 bridgehead atoms. The van der Waals surface area contributed by atoms with Gasteiger partial charge in [-0.2, -0.15) is 0 Å². The van der Waals surface area contributed by atoms with Crippen LogP contribution in [0.25, 0.3) is 11.0 Å². The van der Waals surface area contributed by atoms with E-state index in [1.807, 2.05) is 0 Å². The third kappa shape index (κ3) is 4.20. The smallest absolute Gasteiger partial charge is 0.250 e. The molecule has 2 unspecified atom stereocenters. The van der Waals surface area contributed by atoms with Crippen molar-refractivity contribution in [3.05, 3.63) is 28.8 Å². The van der Waals surface area contributed by atoms with E-state index in [1.165, 1.54) is 25.0 Å². The van der Waals surface area contributed by atoms with Gasteiger partial charge in [0.15, 0.2) is 0 Å². The highest BCUT2D eigenvalue weighted by Crippen LogP contribution is 2.32. The van der Waals surface area contributed by atoms with Crippen molar-refractivity contribution in [2.75, 3.05) is 39.3 Å². The van der Waals surface area contributed by atoms with E-state index >= 15 is 0 Å². The van der Waals surface area contributed by atoms with Crippen molar-refractivity contribution < 1.29 is 13.2 Å². The number of piperazine rings is 1. The summed E-state index contributed by atoms with van der Waals surface area (Å²) >= 11 is 6.12. The molecule has 1 N–H and O–H groups in total. The van der Waals surface area contributed by atoms with Gasteiger partial charge in [0.25, 0.3) is 5.92 Å². The van der Waals surface area contributed by atoms with Crippen LogP contribution >= 0.6 is 11.6 Å². The zero-order chi connectivity index (χ0) is 20.9. The lowest BCUT2D eigenvalue weighted by Crippen LogP contribution is -2.55. The third-order valence-corrected chi connectivity index (χ3v) is 7.19. The van der Waals surface area contributed by atoms with Crippen LogP contribution in [-0.2, 0) is 6.54 Å². The number of aromatic amines is 1. The zero-order valence-corrected chi connectivity index (χ0v) is 17.6. The van der Waals surface area contributed by atoms with Crippen LogP contribution in [0.15, 0.2) is 12.1 Å². The van der Waals surface area contributed by atoms with Gasteiger partial charge in [0, 0.05) is 64.2 Å². The quantitative estimate of drug-likeness (QED) is 0.767. The molecule has 3 saturated heterocycles. The Kier molecular flexibility index (Phi) is 5.46. The van der Waals surface area contributed by atoms with E-state index in [0.29, 0.717) is 47.8 Å². The largest absolute Gasteiger partial charge is 0.341 e. The van der Waals surface area contributed by atoms with Crippen LogP contribution in [0.1, 0.15) is 31.5 Å². The summed E-state index contributed by atoms with van der Waals surface area (Å²) in [4.78, 5) is 14.9. The van der Waals surface area contributed by atoms with Gasteiger partial charge in [0.2, 0.25) is 0 Å². The summed E-state index contributed by atoms with van der Waals surface area (Å²) in [6.45, 7) is 5.44. The first kappa shape index (κ1) is 20.5. The number of benzene rings is 1. The number of halogens is 4. The molecule has 0 saturated carbocycles. The summed E-state index contributed by atoms with van der Waals surface area (Å²) in [6.07, 6.45) is 2.32. The molecule has 3 aliphatic rings. The number of hydrogen-bond acceptors (Lipinski definition) is 4. The first-order chi connectivity index (χ1) is 14.4. The van der Waals surface area contributed by atoms with Crippen molar-refractivity contribution in [3.8, 4) is 0 Å². The van der Waals surface area contributed by atoms with Crippen molar-refractivity contribution in [2.24, 2.45) is 0 Å². The fraction of sp³-hybridized carbons (Fsp3) is 0.667. The molecule has 30 heavy (non-hydrogen) atoms. The number of fused-ring (bicyclic) bond motifs is 3. The van der Waals surface area contributed by atoms with Gasteiger partial charge < -0.3 is 9.88 Å². The minimum absolute atomic E-state index is 0.0148. The molecule has 3 fully saturated rings. The van der Waals surface area contributed by atoms with E-state index in [0.717, 1.165) is 32.0 Å². The van der Waals surface area contributed by atoms with Crippen molar-refractivity contribution in [3.63, 3.8) is 0 Å². The Bertz CT molecular complexity index is 895. The van der Waals surface area contributed by atoms with Crippen molar-refractivity contribution >= 4 is 22.6 Å². The number of aromatic nitrogens is 2. The van der Waals surface area contributed by atoms with Crippen LogP contribution in [0.2, 0.25) is 5.02 Å². The van der Waals surface area contributed by atoms with Crippen LogP contribution in [0.3, 0.4) is 0 Å². The molecule has 0 amide bonds. The molecule has 2 atom stereocenters. The molecule has 4 heterocycles. The van der Waals surface area contributed by atoms with Crippen LogP contribution < -0.4 is 0 Å². The Morgan fingerprint density at radius 3 is 2.47 bits per heavy atom. The van der Waals surface area contributed by atoms with E-state index in [4.69, 9.17) is 11.6 Å². The van der Waals surface area contributed by atoms with Crippen molar-refractivity contribution in [1.82, 2.24) is 24.7 Å². The lowest BCUT2D eigenvalue weighted by atomic mass is 10.1. The lowest BCUT2D eigenvalue weighted by molar-refractivity contribution is -0.0576. The number of nitrogens with zero attached hydrogens (tertiary/aromatic N) is 4. The van der Waals surface area contributed by atoms with Gasteiger partial charge >= 0.3 is 0 Å². The fourth-order valence-corrected chi connectivity index (χ4v) is 5.56. The van der Waals surface area contributed by atoms with Crippen LogP contribution in [0.4, 0.5) is 13.2 Å². The van der Waals surface area contributed by atoms with Gasteiger partial charge in [-0.25, -0.2) is 18.2 Å². The maximum absolute atomic E-state index is 13.6. The van der Waals surface area contributed by atoms with Gasteiger partial charge in [0.1, 0.15) is 17.2 Å². The van der Waals surface area contributed by atoms with E-state index in [-0.39, 0.29) is 18.7 Å². The van der Waals surface area contributed by atoms with E-state index in [9.17, 15) is 13.2 Å². The second kappa shape index (κ2) is 7.97. The molecule has 0 radical (unpaired) electrons. The monoisotopic (exact) mass is 441 g/mol. The molecule has 0 spiro atoms. The lowest BCUT2D eigenvalue weighted by Gasteiger charge is -2.42. The number of nitrogens with one attached hydrogen (secondary N) is 1. The summed E-state index contributed by atoms with van der Waals surface area (Å²) in [6, 6.07) is 3.72. The second-order valence-electron chi connectivity index (χ2n) is 8.98. The average Bonchev–Trinajstić information content (AvgIpc) is 3.18. The van der Waals surface area contributed by atoms with Gasteiger partial charge in [-0.15, -0.1) is 0 Å². The van der Waals surface area contributed by atoms with Crippen molar-refractivity contribution in [1.29, 1.82) is 0 Å². The van der Waals surface area contributed by atoms with E-state index in [1.54, 1.807) is 0 Å². The first-order valence-corrected chi connectivity index (χ1v) is 11.2. The zero-order valence-electron chi connectivity index (χ0n) is 16.9. The summed E-state index contributed by atoms with van der Waals surface area (Å²) in [7, 11) is 0. The Balaban J connectivity index is 1.17. The number of piperidine rings is 1. The minimum Gasteiger partial charge on any atom is -0.341 e. The number of likely N-dealkylation sites (tertiary alicyclic amines) is 2. The summed E-state index contributed by atoms with van der Waals surface area (Å²) in [5.74, 6) is -2.04. The Morgan fingerprint density at radius 2 is 1.77 bits per heavy atom. The maximum Gasteiger partial charge on any atom is 0.250 e. The summed E-state index contributed by atoms with van der Waals surface area (Å²) in [5, 5.41) is 0.327. The highest BCUT2D eigenvalue weighted by atomic mass is 35.5. The fourth-order valence-electron chi connectivity index (χ4n) is 5.31. The molecule has 2 aromatic rings. The van der Waals surface area contributed by atoms with E-state index < -0.39 is 5.92 Å².